The van der Waals surface area contributed by atoms with Crippen LogP contribution in [0.2, 0.25) is 0 Å². The van der Waals surface area contributed by atoms with Gasteiger partial charge in [0.15, 0.2) is 0 Å². The van der Waals surface area contributed by atoms with Gasteiger partial charge in [-0.3, -0.25) is 0 Å². The van der Waals surface area contributed by atoms with Gasteiger partial charge in [0.2, 0.25) is 5.23 Å². The third kappa shape index (κ3) is 2.61. The van der Waals surface area contributed by atoms with Crippen LogP contribution in [0.1, 0.15) is 36.6 Å². The molecule has 0 aliphatic carbocycles. The number of benzene rings is 1. The van der Waals surface area contributed by atoms with E-state index in [-0.39, 0.29) is 10.9 Å². The van der Waals surface area contributed by atoms with Crippen molar-refractivity contribution in [3.63, 3.8) is 0 Å². The zero-order valence-corrected chi connectivity index (χ0v) is 12.4. The number of hydrogen-bond acceptors (Lipinski definition) is 5. The first-order valence-corrected chi connectivity index (χ1v) is 7.52. The SMILES string of the molecule is CC1(C)C[C@H](SC2=NCCO2)c2cc(C#N)ccc2O1. The highest BCUT2D eigenvalue weighted by atomic mass is 32.2. The van der Waals surface area contributed by atoms with Crippen molar-refractivity contribution >= 4 is 17.0 Å². The minimum atomic E-state index is -0.224. The Labute approximate surface area is 122 Å². The average Bonchev–Trinajstić information content (AvgIpc) is 2.90. The van der Waals surface area contributed by atoms with Gasteiger partial charge in [-0.1, -0.05) is 11.8 Å². The predicted octanol–water partition coefficient (Wildman–Crippen LogP) is 3.28. The van der Waals surface area contributed by atoms with Gasteiger partial charge in [-0.2, -0.15) is 5.26 Å². The Bertz CT molecular complexity index is 604. The fraction of sp³-hybridized carbons (Fsp3) is 0.467. The molecule has 0 bridgehead atoms. The molecule has 20 heavy (non-hydrogen) atoms. The van der Waals surface area contributed by atoms with E-state index in [1.165, 1.54) is 0 Å². The van der Waals surface area contributed by atoms with E-state index in [1.807, 2.05) is 12.1 Å². The summed E-state index contributed by atoms with van der Waals surface area (Å²) in [6, 6.07) is 7.79. The fourth-order valence-corrected chi connectivity index (χ4v) is 3.83. The molecule has 1 aromatic rings. The van der Waals surface area contributed by atoms with Crippen LogP contribution in [0.5, 0.6) is 5.75 Å². The van der Waals surface area contributed by atoms with E-state index in [0.717, 1.165) is 29.5 Å². The van der Waals surface area contributed by atoms with Gasteiger partial charge in [0, 0.05) is 17.2 Å². The molecule has 3 rings (SSSR count). The van der Waals surface area contributed by atoms with Crippen LogP contribution >= 0.6 is 11.8 Å². The van der Waals surface area contributed by atoms with E-state index >= 15 is 0 Å². The lowest BCUT2D eigenvalue weighted by molar-refractivity contribution is 0.0835. The molecule has 104 valence electrons. The van der Waals surface area contributed by atoms with Crippen LogP contribution in [0, 0.1) is 11.3 Å². The lowest BCUT2D eigenvalue weighted by Crippen LogP contribution is -2.34. The summed E-state index contributed by atoms with van der Waals surface area (Å²) in [5.41, 5.74) is 1.50. The molecule has 0 aromatic heterocycles. The van der Waals surface area contributed by atoms with Crippen molar-refractivity contribution in [3.05, 3.63) is 29.3 Å². The molecule has 4 nitrogen and oxygen atoms in total. The number of fused-ring (bicyclic) bond motifs is 1. The van der Waals surface area contributed by atoms with E-state index in [1.54, 1.807) is 17.8 Å². The molecule has 0 N–H and O–H groups in total. The number of rotatable bonds is 1. The maximum Gasteiger partial charge on any atom is 0.246 e. The molecule has 2 heterocycles. The van der Waals surface area contributed by atoms with Crippen molar-refractivity contribution in [2.75, 3.05) is 13.2 Å². The summed E-state index contributed by atoms with van der Waals surface area (Å²) in [7, 11) is 0. The fourth-order valence-electron chi connectivity index (χ4n) is 2.47. The van der Waals surface area contributed by atoms with Crippen molar-refractivity contribution in [1.82, 2.24) is 0 Å². The van der Waals surface area contributed by atoms with Crippen LogP contribution < -0.4 is 4.74 Å². The third-order valence-electron chi connectivity index (χ3n) is 3.35. The first kappa shape index (κ1) is 13.3. The summed E-state index contributed by atoms with van der Waals surface area (Å²) in [5.74, 6) is 0.858. The van der Waals surface area contributed by atoms with Gasteiger partial charge in [-0.25, -0.2) is 4.99 Å². The normalized spacial score (nSPS) is 23.1. The van der Waals surface area contributed by atoms with Crippen LogP contribution in [0.3, 0.4) is 0 Å². The first-order chi connectivity index (χ1) is 9.57. The zero-order valence-electron chi connectivity index (χ0n) is 11.5. The van der Waals surface area contributed by atoms with Crippen molar-refractivity contribution < 1.29 is 9.47 Å². The standard InChI is InChI=1S/C15H16N2O2S/c1-15(2)8-13(20-14-17-5-6-18-14)11-7-10(9-16)3-4-12(11)19-15/h3-4,7,13H,5-6,8H2,1-2H3/t13-/m0/s1. The maximum absolute atomic E-state index is 9.07. The molecule has 0 unspecified atom stereocenters. The minimum absolute atomic E-state index is 0.207. The second-order valence-corrected chi connectivity index (χ2v) is 6.69. The molecular formula is C15H16N2O2S. The largest absolute Gasteiger partial charge is 0.487 e. The smallest absolute Gasteiger partial charge is 0.246 e. The second-order valence-electron chi connectivity index (χ2n) is 5.53. The van der Waals surface area contributed by atoms with E-state index in [0.29, 0.717) is 12.2 Å². The average molecular weight is 288 g/mol. The lowest BCUT2D eigenvalue weighted by Gasteiger charge is -2.37. The third-order valence-corrected chi connectivity index (χ3v) is 4.50. The molecule has 0 saturated heterocycles. The van der Waals surface area contributed by atoms with E-state index in [2.05, 4.69) is 24.9 Å². The van der Waals surface area contributed by atoms with Crippen LogP contribution in [-0.4, -0.2) is 24.0 Å². The molecule has 0 fully saturated rings. The van der Waals surface area contributed by atoms with Gasteiger partial charge in [0.1, 0.15) is 18.0 Å². The van der Waals surface area contributed by atoms with E-state index in [9.17, 15) is 0 Å². The van der Waals surface area contributed by atoms with Gasteiger partial charge < -0.3 is 9.47 Å². The zero-order chi connectivity index (χ0) is 14.2. The molecule has 0 radical (unpaired) electrons. The van der Waals surface area contributed by atoms with Crippen LogP contribution in [0.4, 0.5) is 0 Å². The van der Waals surface area contributed by atoms with Crippen molar-refractivity contribution in [2.24, 2.45) is 4.99 Å². The Hall–Kier alpha value is -1.67. The van der Waals surface area contributed by atoms with Crippen molar-refractivity contribution in [3.8, 4) is 11.8 Å². The lowest BCUT2D eigenvalue weighted by atomic mass is 9.93. The summed E-state index contributed by atoms with van der Waals surface area (Å²) in [5, 5.41) is 10.0. The van der Waals surface area contributed by atoms with Gasteiger partial charge >= 0.3 is 0 Å². The van der Waals surface area contributed by atoms with Gasteiger partial charge in [0.05, 0.1) is 18.2 Å². The summed E-state index contributed by atoms with van der Waals surface area (Å²) < 4.78 is 11.5. The number of ether oxygens (including phenoxy) is 2. The predicted molar refractivity (Wildman–Crippen MR) is 79.1 cm³/mol. The van der Waals surface area contributed by atoms with Crippen LogP contribution in [0.15, 0.2) is 23.2 Å². The summed E-state index contributed by atoms with van der Waals surface area (Å²) in [6.07, 6.45) is 0.863. The van der Waals surface area contributed by atoms with Crippen LogP contribution in [-0.2, 0) is 4.74 Å². The Balaban J connectivity index is 1.95. The molecule has 2 aliphatic heterocycles. The Kier molecular flexibility index (Phi) is 3.35. The first-order valence-electron chi connectivity index (χ1n) is 6.64. The highest BCUT2D eigenvalue weighted by Crippen LogP contribution is 2.47. The number of aliphatic imine (C=N–C) groups is 1. The minimum Gasteiger partial charge on any atom is -0.487 e. The highest BCUT2D eigenvalue weighted by Gasteiger charge is 2.35. The number of hydrogen-bond donors (Lipinski definition) is 0. The Morgan fingerprint density at radius 2 is 2.30 bits per heavy atom. The molecule has 1 atom stereocenters. The number of thioether (sulfide) groups is 1. The van der Waals surface area contributed by atoms with E-state index in [4.69, 9.17) is 14.7 Å². The molecule has 0 spiro atoms. The van der Waals surface area contributed by atoms with Crippen LogP contribution in [0.25, 0.3) is 0 Å². The maximum atomic E-state index is 9.07. The molecule has 0 amide bonds. The molecule has 0 saturated carbocycles. The van der Waals surface area contributed by atoms with Gasteiger partial charge in [-0.05, 0) is 32.0 Å². The molecule has 2 aliphatic rings. The van der Waals surface area contributed by atoms with Gasteiger partial charge in [-0.15, -0.1) is 0 Å². The number of nitriles is 1. The van der Waals surface area contributed by atoms with Gasteiger partial charge in [0.25, 0.3) is 0 Å². The molecule has 1 aromatic carbocycles. The van der Waals surface area contributed by atoms with Crippen molar-refractivity contribution in [2.45, 2.75) is 31.1 Å². The Morgan fingerprint density at radius 3 is 3.00 bits per heavy atom. The quantitative estimate of drug-likeness (QED) is 0.795. The summed E-state index contributed by atoms with van der Waals surface area (Å²) in [6.45, 7) is 5.57. The monoisotopic (exact) mass is 288 g/mol. The topological polar surface area (TPSA) is 54.6 Å². The summed E-state index contributed by atoms with van der Waals surface area (Å²) in [4.78, 5) is 4.34. The molecular weight excluding hydrogens is 272 g/mol. The number of nitrogens with zero attached hydrogens (tertiary/aromatic N) is 2. The highest BCUT2D eigenvalue weighted by molar-refractivity contribution is 8.13. The molecule has 5 heteroatoms. The second kappa shape index (κ2) is 5.02. The Morgan fingerprint density at radius 1 is 1.45 bits per heavy atom. The summed E-state index contributed by atoms with van der Waals surface area (Å²) >= 11 is 1.63. The van der Waals surface area contributed by atoms with E-state index < -0.39 is 0 Å². The van der Waals surface area contributed by atoms with Crippen molar-refractivity contribution in [1.29, 1.82) is 5.26 Å².